The molecule has 0 spiro atoms. The van der Waals surface area contributed by atoms with Crippen LogP contribution in [0.1, 0.15) is 33.5 Å². The Morgan fingerprint density at radius 1 is 1.11 bits per heavy atom. The van der Waals surface area contributed by atoms with E-state index >= 15 is 0 Å². The lowest BCUT2D eigenvalue weighted by Gasteiger charge is -2.36. The molecule has 0 saturated carbocycles. The van der Waals surface area contributed by atoms with Crippen LogP contribution in [0.15, 0.2) is 66.9 Å². The quantitative estimate of drug-likeness (QED) is 0.377. The third kappa shape index (κ3) is 4.91. The van der Waals surface area contributed by atoms with Crippen molar-refractivity contribution in [1.82, 2.24) is 9.88 Å². The summed E-state index contributed by atoms with van der Waals surface area (Å²) in [4.78, 5) is 17.5. The maximum absolute atomic E-state index is 14.4. The van der Waals surface area contributed by atoms with Crippen LogP contribution >= 0.6 is 0 Å². The van der Waals surface area contributed by atoms with Crippen molar-refractivity contribution in [2.45, 2.75) is 31.8 Å². The lowest BCUT2D eigenvalue weighted by molar-refractivity contribution is 0.0977. The predicted octanol–water partition coefficient (Wildman–Crippen LogP) is 4.98. The first-order valence-corrected chi connectivity index (χ1v) is 11.8. The van der Waals surface area contributed by atoms with Gasteiger partial charge in [0, 0.05) is 40.8 Å². The topological polar surface area (TPSA) is 71.4 Å². The van der Waals surface area contributed by atoms with Gasteiger partial charge >= 0.3 is 0 Å². The molecular formula is C28H27F2N3O2. The molecule has 1 unspecified atom stereocenters. The number of primary amides is 1. The lowest BCUT2D eigenvalue weighted by Crippen LogP contribution is -2.44. The minimum atomic E-state index is -0.591. The van der Waals surface area contributed by atoms with Crippen molar-refractivity contribution in [2.24, 2.45) is 5.73 Å². The van der Waals surface area contributed by atoms with Crippen LogP contribution in [0, 0.1) is 11.6 Å². The number of amides is 1. The standard InChI is InChI=1S/C28H27F2N3O2/c29-20-8-11-26-23(13-20)19(15-32-26)7-4-12-33(16-18-5-2-1-3-6-18)21-14-24-22(28(31)34)9-10-25(30)27(24)35-17-21/h1-3,5-6,8-11,13,15,21,32H,4,7,12,14,16-17H2,(H2,31,34). The molecule has 0 aliphatic carbocycles. The van der Waals surface area contributed by atoms with Gasteiger partial charge in [0.05, 0.1) is 0 Å². The summed E-state index contributed by atoms with van der Waals surface area (Å²) in [6, 6.07) is 17.5. The second-order valence-electron chi connectivity index (χ2n) is 9.00. The van der Waals surface area contributed by atoms with Crippen LogP contribution < -0.4 is 10.5 Å². The van der Waals surface area contributed by atoms with Crippen LogP contribution in [0.3, 0.4) is 0 Å². The Morgan fingerprint density at radius 2 is 1.94 bits per heavy atom. The normalized spacial score (nSPS) is 15.2. The molecule has 1 aliphatic heterocycles. The summed E-state index contributed by atoms with van der Waals surface area (Å²) in [5.41, 5.74) is 9.53. The van der Waals surface area contributed by atoms with E-state index in [-0.39, 0.29) is 17.6 Å². The molecule has 3 N–H and O–H groups in total. The van der Waals surface area contributed by atoms with E-state index in [0.29, 0.717) is 30.7 Å². The number of H-pyrrole nitrogens is 1. The highest BCUT2D eigenvalue weighted by Gasteiger charge is 2.30. The first kappa shape index (κ1) is 23.1. The van der Waals surface area contributed by atoms with Crippen molar-refractivity contribution in [3.63, 3.8) is 0 Å². The first-order valence-electron chi connectivity index (χ1n) is 11.8. The number of rotatable bonds is 8. The Labute approximate surface area is 202 Å². The van der Waals surface area contributed by atoms with Crippen LogP contribution in [0.25, 0.3) is 10.9 Å². The molecule has 5 nitrogen and oxygen atoms in total. The second-order valence-corrected chi connectivity index (χ2v) is 9.00. The average Bonchev–Trinajstić information content (AvgIpc) is 3.26. The van der Waals surface area contributed by atoms with E-state index in [1.54, 1.807) is 12.1 Å². The average molecular weight is 476 g/mol. The molecule has 0 saturated heterocycles. The van der Waals surface area contributed by atoms with Gasteiger partial charge in [-0.05, 0) is 67.3 Å². The van der Waals surface area contributed by atoms with E-state index in [1.165, 1.54) is 18.2 Å². The number of aryl methyl sites for hydroxylation is 1. The van der Waals surface area contributed by atoms with Crippen LogP contribution in [0.4, 0.5) is 8.78 Å². The van der Waals surface area contributed by atoms with Crippen LogP contribution in [0.2, 0.25) is 0 Å². The lowest BCUT2D eigenvalue weighted by atomic mass is 9.95. The van der Waals surface area contributed by atoms with Crippen molar-refractivity contribution in [1.29, 1.82) is 0 Å². The Hall–Kier alpha value is -3.71. The van der Waals surface area contributed by atoms with Gasteiger partial charge in [0.1, 0.15) is 12.4 Å². The Balaban J connectivity index is 1.36. The zero-order chi connectivity index (χ0) is 24.4. The molecule has 180 valence electrons. The number of nitrogens with zero attached hydrogens (tertiary/aromatic N) is 1. The van der Waals surface area contributed by atoms with Crippen molar-refractivity contribution >= 4 is 16.8 Å². The van der Waals surface area contributed by atoms with Crippen molar-refractivity contribution in [2.75, 3.05) is 13.2 Å². The van der Waals surface area contributed by atoms with E-state index in [1.807, 2.05) is 24.4 Å². The highest BCUT2D eigenvalue weighted by Crippen LogP contribution is 2.33. The molecule has 5 rings (SSSR count). The van der Waals surface area contributed by atoms with Crippen LogP contribution in [-0.4, -0.2) is 35.0 Å². The highest BCUT2D eigenvalue weighted by atomic mass is 19.1. The minimum Gasteiger partial charge on any atom is -0.489 e. The van der Waals surface area contributed by atoms with Gasteiger partial charge in [-0.1, -0.05) is 30.3 Å². The fourth-order valence-electron chi connectivity index (χ4n) is 4.94. The first-order chi connectivity index (χ1) is 17.0. The van der Waals surface area contributed by atoms with Gasteiger partial charge in [-0.15, -0.1) is 0 Å². The number of hydrogen-bond acceptors (Lipinski definition) is 3. The molecule has 1 aromatic heterocycles. The molecule has 1 aliphatic rings. The number of hydrogen-bond donors (Lipinski definition) is 2. The SMILES string of the molecule is NC(=O)c1ccc(F)c2c1CC(N(CCCc1c[nH]c3ccc(F)cc13)Cc1ccccc1)CO2. The minimum absolute atomic E-state index is 0.0528. The fraction of sp³-hybridized carbons (Fsp3) is 0.250. The summed E-state index contributed by atoms with van der Waals surface area (Å²) in [5.74, 6) is -1.20. The van der Waals surface area contributed by atoms with Gasteiger partial charge in [-0.25, -0.2) is 8.78 Å². The van der Waals surface area contributed by atoms with Gasteiger partial charge in [0.2, 0.25) is 5.91 Å². The number of nitrogens with two attached hydrogens (primary N) is 1. The number of fused-ring (bicyclic) bond motifs is 2. The Bertz CT molecular complexity index is 1350. The molecular weight excluding hydrogens is 448 g/mol. The number of carbonyl (C=O) groups is 1. The zero-order valence-electron chi connectivity index (χ0n) is 19.3. The monoisotopic (exact) mass is 475 g/mol. The molecule has 35 heavy (non-hydrogen) atoms. The molecule has 4 aromatic rings. The van der Waals surface area contributed by atoms with E-state index < -0.39 is 11.7 Å². The molecule has 0 radical (unpaired) electrons. The second kappa shape index (κ2) is 9.88. The maximum atomic E-state index is 14.4. The van der Waals surface area contributed by atoms with E-state index in [0.717, 1.165) is 41.4 Å². The highest BCUT2D eigenvalue weighted by molar-refractivity contribution is 5.95. The third-order valence-corrected chi connectivity index (χ3v) is 6.70. The van der Waals surface area contributed by atoms with Gasteiger partial charge < -0.3 is 15.5 Å². The summed E-state index contributed by atoms with van der Waals surface area (Å²) >= 11 is 0. The molecule has 7 heteroatoms. The number of ether oxygens (including phenoxy) is 1. The van der Waals surface area contributed by atoms with Crippen molar-refractivity contribution < 1.29 is 18.3 Å². The summed E-state index contributed by atoms with van der Waals surface area (Å²) in [7, 11) is 0. The smallest absolute Gasteiger partial charge is 0.249 e. The van der Waals surface area contributed by atoms with Crippen molar-refractivity contribution in [3.05, 3.63) is 101 Å². The summed E-state index contributed by atoms with van der Waals surface area (Å²) in [6.07, 6.45) is 4.02. The zero-order valence-corrected chi connectivity index (χ0v) is 19.3. The number of nitrogens with one attached hydrogen (secondary N) is 1. The number of aromatic amines is 1. The molecule has 0 fully saturated rings. The number of halogens is 2. The largest absolute Gasteiger partial charge is 0.489 e. The number of benzene rings is 3. The van der Waals surface area contributed by atoms with Gasteiger partial charge in [0.15, 0.2) is 11.6 Å². The summed E-state index contributed by atoms with van der Waals surface area (Å²) in [5, 5.41) is 0.899. The van der Waals surface area contributed by atoms with E-state index in [2.05, 4.69) is 22.0 Å². The van der Waals surface area contributed by atoms with E-state index in [9.17, 15) is 13.6 Å². The molecule has 1 amide bonds. The molecule has 2 heterocycles. The van der Waals surface area contributed by atoms with Gasteiger partial charge in [0.25, 0.3) is 0 Å². The molecule has 1 atom stereocenters. The fourth-order valence-corrected chi connectivity index (χ4v) is 4.94. The van der Waals surface area contributed by atoms with Crippen molar-refractivity contribution in [3.8, 4) is 5.75 Å². The van der Waals surface area contributed by atoms with Crippen LogP contribution in [-0.2, 0) is 19.4 Å². The summed E-state index contributed by atoms with van der Waals surface area (Å²) in [6.45, 7) is 1.76. The Morgan fingerprint density at radius 3 is 2.74 bits per heavy atom. The third-order valence-electron chi connectivity index (χ3n) is 6.70. The van der Waals surface area contributed by atoms with Crippen LogP contribution in [0.5, 0.6) is 5.75 Å². The predicted molar refractivity (Wildman–Crippen MR) is 131 cm³/mol. The summed E-state index contributed by atoms with van der Waals surface area (Å²) < 4.78 is 34.0. The van der Waals surface area contributed by atoms with E-state index in [4.69, 9.17) is 10.5 Å². The van der Waals surface area contributed by atoms with Gasteiger partial charge in [-0.3, -0.25) is 9.69 Å². The maximum Gasteiger partial charge on any atom is 0.249 e. The Kier molecular flexibility index (Phi) is 6.51. The number of aromatic nitrogens is 1. The molecule has 3 aromatic carbocycles. The number of carbonyl (C=O) groups excluding carboxylic acids is 1. The van der Waals surface area contributed by atoms with Gasteiger partial charge in [-0.2, -0.15) is 0 Å². The molecule has 0 bridgehead atoms.